The molecular formula is C25H31N3O5S. The number of hydrogen-bond acceptors (Lipinski definition) is 5. The minimum Gasteiger partial charge on any atom is -0.482 e. The van der Waals surface area contributed by atoms with Gasteiger partial charge in [0.15, 0.2) is 6.61 Å². The smallest absolute Gasteiger partial charge is 0.265 e. The van der Waals surface area contributed by atoms with Crippen LogP contribution in [-0.2, 0) is 26.0 Å². The molecule has 182 valence electrons. The topological polar surface area (TPSA) is 96.0 Å². The molecular weight excluding hydrogens is 454 g/mol. The lowest BCUT2D eigenvalue weighted by Crippen LogP contribution is -2.45. The fourth-order valence-corrected chi connectivity index (χ4v) is 5.68. The summed E-state index contributed by atoms with van der Waals surface area (Å²) in [6, 6.07) is 12.6. The lowest BCUT2D eigenvalue weighted by molar-refractivity contribution is -0.125. The van der Waals surface area contributed by atoms with Gasteiger partial charge in [-0.15, -0.1) is 0 Å². The standard InChI is InChI=1S/C25H31N3O5S/c1-18-3-5-20(6-4-18)9-12-26-24(29)16-28-22-15-21(7-8-23(22)33-17-25(28)30)34(31,32)27-13-10-19(2)11-14-27/h3-8,15,19H,9-14,16-17H2,1-2H3,(H,26,29). The number of amides is 2. The Morgan fingerprint density at radius 2 is 1.82 bits per heavy atom. The third-order valence-corrected chi connectivity index (χ3v) is 8.31. The second-order valence-electron chi connectivity index (χ2n) is 9.07. The molecule has 1 saturated heterocycles. The van der Waals surface area contributed by atoms with Crippen LogP contribution in [0.2, 0.25) is 0 Å². The molecule has 2 amide bonds. The summed E-state index contributed by atoms with van der Waals surface area (Å²) in [7, 11) is -3.70. The van der Waals surface area contributed by atoms with Crippen LogP contribution in [0.25, 0.3) is 0 Å². The maximum atomic E-state index is 13.2. The minimum atomic E-state index is -3.70. The lowest BCUT2D eigenvalue weighted by Gasteiger charge is -2.31. The number of hydrogen-bond donors (Lipinski definition) is 1. The van der Waals surface area contributed by atoms with E-state index in [1.807, 2.05) is 31.2 Å². The number of fused-ring (bicyclic) bond motifs is 1. The molecule has 0 radical (unpaired) electrons. The zero-order chi connectivity index (χ0) is 24.3. The SMILES string of the molecule is Cc1ccc(CCNC(=O)CN2C(=O)COc3ccc(S(=O)(=O)N4CCC(C)CC4)cc32)cc1. The first-order valence-electron chi connectivity index (χ1n) is 11.6. The number of aryl methyl sites for hydroxylation is 1. The highest BCUT2D eigenvalue weighted by Gasteiger charge is 2.32. The molecule has 1 N–H and O–H groups in total. The van der Waals surface area contributed by atoms with Crippen molar-refractivity contribution in [1.29, 1.82) is 0 Å². The summed E-state index contributed by atoms with van der Waals surface area (Å²) in [6.45, 7) is 5.14. The van der Waals surface area contributed by atoms with E-state index in [1.165, 1.54) is 26.9 Å². The first-order chi connectivity index (χ1) is 16.2. The minimum absolute atomic E-state index is 0.101. The van der Waals surface area contributed by atoms with Gasteiger partial charge in [0.1, 0.15) is 12.3 Å². The predicted molar refractivity (Wildman–Crippen MR) is 129 cm³/mol. The molecule has 9 heteroatoms. The van der Waals surface area contributed by atoms with Gasteiger partial charge in [0.2, 0.25) is 15.9 Å². The molecule has 2 aromatic rings. The Kier molecular flexibility index (Phi) is 7.23. The number of carbonyl (C=O) groups excluding carboxylic acids is 2. The van der Waals surface area contributed by atoms with Crippen LogP contribution in [0.1, 0.15) is 30.9 Å². The van der Waals surface area contributed by atoms with Crippen LogP contribution in [0, 0.1) is 12.8 Å². The van der Waals surface area contributed by atoms with Gasteiger partial charge in [-0.05, 0) is 55.9 Å². The van der Waals surface area contributed by atoms with Gasteiger partial charge in [-0.2, -0.15) is 4.31 Å². The monoisotopic (exact) mass is 485 g/mol. The summed E-state index contributed by atoms with van der Waals surface area (Å²) in [5, 5.41) is 2.84. The number of anilines is 1. The number of carbonyl (C=O) groups is 2. The molecule has 0 bridgehead atoms. The van der Waals surface area contributed by atoms with Crippen LogP contribution >= 0.6 is 0 Å². The van der Waals surface area contributed by atoms with Crippen molar-refractivity contribution in [1.82, 2.24) is 9.62 Å². The first kappa shape index (κ1) is 24.2. The van der Waals surface area contributed by atoms with Gasteiger partial charge in [0.05, 0.1) is 10.6 Å². The van der Waals surface area contributed by atoms with Gasteiger partial charge in [-0.3, -0.25) is 14.5 Å². The molecule has 1 fully saturated rings. The highest BCUT2D eigenvalue weighted by atomic mass is 32.2. The third-order valence-electron chi connectivity index (χ3n) is 6.41. The van der Waals surface area contributed by atoms with E-state index in [9.17, 15) is 18.0 Å². The average Bonchev–Trinajstić information content (AvgIpc) is 2.82. The Hall–Kier alpha value is -2.91. The van der Waals surface area contributed by atoms with Crippen molar-refractivity contribution in [3.8, 4) is 5.75 Å². The van der Waals surface area contributed by atoms with Crippen LogP contribution in [0.15, 0.2) is 47.4 Å². The van der Waals surface area contributed by atoms with E-state index in [0.29, 0.717) is 43.4 Å². The van der Waals surface area contributed by atoms with Gasteiger partial charge in [0, 0.05) is 19.6 Å². The van der Waals surface area contributed by atoms with Crippen molar-refractivity contribution in [2.75, 3.05) is 37.7 Å². The van der Waals surface area contributed by atoms with Crippen molar-refractivity contribution in [2.45, 2.75) is 38.0 Å². The number of piperidine rings is 1. The Morgan fingerprint density at radius 3 is 2.53 bits per heavy atom. The van der Waals surface area contributed by atoms with Gasteiger partial charge in [0.25, 0.3) is 5.91 Å². The van der Waals surface area contributed by atoms with E-state index in [1.54, 1.807) is 6.07 Å². The zero-order valence-corrected chi connectivity index (χ0v) is 20.4. The fraction of sp³-hybridized carbons (Fsp3) is 0.440. The Bertz CT molecular complexity index is 1160. The molecule has 0 aromatic heterocycles. The number of ether oxygens (including phenoxy) is 1. The van der Waals surface area contributed by atoms with Crippen LogP contribution < -0.4 is 15.0 Å². The number of rotatable bonds is 7. The summed E-state index contributed by atoms with van der Waals surface area (Å²) >= 11 is 0. The largest absolute Gasteiger partial charge is 0.482 e. The van der Waals surface area contributed by atoms with Crippen LogP contribution in [0.3, 0.4) is 0 Å². The summed E-state index contributed by atoms with van der Waals surface area (Å²) in [5.41, 5.74) is 2.59. The van der Waals surface area contributed by atoms with E-state index in [4.69, 9.17) is 4.74 Å². The number of benzene rings is 2. The lowest BCUT2D eigenvalue weighted by atomic mass is 10.0. The first-order valence-corrected chi connectivity index (χ1v) is 13.1. The number of sulfonamides is 1. The molecule has 0 spiro atoms. The number of nitrogens with zero attached hydrogens (tertiary/aromatic N) is 2. The van der Waals surface area contributed by atoms with Gasteiger partial charge >= 0.3 is 0 Å². The van der Waals surface area contributed by atoms with Crippen molar-refractivity contribution in [3.63, 3.8) is 0 Å². The summed E-state index contributed by atoms with van der Waals surface area (Å²) in [5.74, 6) is 0.188. The molecule has 2 aliphatic heterocycles. The highest BCUT2D eigenvalue weighted by molar-refractivity contribution is 7.89. The molecule has 2 aromatic carbocycles. The third kappa shape index (κ3) is 5.42. The van der Waals surface area contributed by atoms with Gasteiger partial charge in [-0.1, -0.05) is 36.8 Å². The summed E-state index contributed by atoms with van der Waals surface area (Å²) in [4.78, 5) is 26.6. The van der Waals surface area contributed by atoms with E-state index in [2.05, 4.69) is 12.2 Å². The normalized spacial score (nSPS) is 17.2. The highest BCUT2D eigenvalue weighted by Crippen LogP contribution is 2.35. The average molecular weight is 486 g/mol. The van der Waals surface area contributed by atoms with E-state index < -0.39 is 10.0 Å². The fourth-order valence-electron chi connectivity index (χ4n) is 4.19. The molecule has 8 nitrogen and oxygen atoms in total. The van der Waals surface area contributed by atoms with Crippen molar-refractivity contribution >= 4 is 27.5 Å². The second kappa shape index (κ2) is 10.1. The van der Waals surface area contributed by atoms with Crippen LogP contribution in [-0.4, -0.2) is 57.3 Å². The summed E-state index contributed by atoms with van der Waals surface area (Å²) in [6.07, 6.45) is 2.32. The molecule has 0 aliphatic carbocycles. The predicted octanol–water partition coefficient (Wildman–Crippen LogP) is 2.50. The molecule has 4 rings (SSSR count). The maximum absolute atomic E-state index is 13.2. The van der Waals surface area contributed by atoms with Crippen molar-refractivity contribution in [3.05, 3.63) is 53.6 Å². The van der Waals surface area contributed by atoms with Crippen LogP contribution in [0.4, 0.5) is 5.69 Å². The van der Waals surface area contributed by atoms with Crippen LogP contribution in [0.5, 0.6) is 5.75 Å². The van der Waals surface area contributed by atoms with Gasteiger partial charge < -0.3 is 10.1 Å². The molecule has 0 unspecified atom stereocenters. The van der Waals surface area contributed by atoms with Crippen molar-refractivity contribution < 1.29 is 22.7 Å². The number of nitrogens with one attached hydrogen (secondary N) is 1. The molecule has 2 aliphatic rings. The molecule has 2 heterocycles. The van der Waals surface area contributed by atoms with E-state index in [-0.39, 0.29) is 29.9 Å². The second-order valence-corrected chi connectivity index (χ2v) is 11.0. The quantitative estimate of drug-likeness (QED) is 0.650. The zero-order valence-electron chi connectivity index (χ0n) is 19.6. The Balaban J connectivity index is 1.45. The Morgan fingerprint density at radius 1 is 1.12 bits per heavy atom. The molecule has 0 saturated carbocycles. The Labute approximate surface area is 200 Å². The summed E-state index contributed by atoms with van der Waals surface area (Å²) < 4.78 is 33.4. The molecule has 34 heavy (non-hydrogen) atoms. The van der Waals surface area contributed by atoms with Gasteiger partial charge in [-0.25, -0.2) is 8.42 Å². The van der Waals surface area contributed by atoms with E-state index in [0.717, 1.165) is 18.4 Å². The maximum Gasteiger partial charge on any atom is 0.265 e. The molecule has 0 atom stereocenters. The van der Waals surface area contributed by atoms with E-state index >= 15 is 0 Å². The van der Waals surface area contributed by atoms with Crippen molar-refractivity contribution in [2.24, 2.45) is 5.92 Å².